The highest BCUT2D eigenvalue weighted by molar-refractivity contribution is 5.75. The third-order valence-electron chi connectivity index (χ3n) is 2.53. The molecule has 0 unspecified atom stereocenters. The Morgan fingerprint density at radius 3 is 2.50 bits per heavy atom. The van der Waals surface area contributed by atoms with Crippen LogP contribution in [0.5, 0.6) is 5.75 Å². The molecule has 0 spiro atoms. The van der Waals surface area contributed by atoms with Crippen molar-refractivity contribution in [2.24, 2.45) is 0 Å². The number of benzene rings is 1. The fourth-order valence-corrected chi connectivity index (χ4v) is 1.60. The maximum Gasteiger partial charge on any atom is 0.184 e. The maximum absolute atomic E-state index is 7.50. The Balaban J connectivity index is 2.97. The van der Waals surface area contributed by atoms with Gasteiger partial charge in [0.2, 0.25) is 0 Å². The Bertz CT molecular complexity index is 372. The molecular formula is C13H19NO2. The number of ether oxygens (including phenoxy) is 2. The normalized spacial score (nSPS) is 10.3. The minimum atomic E-state index is 0.278. The lowest BCUT2D eigenvalue weighted by Gasteiger charge is -2.13. The highest BCUT2D eigenvalue weighted by Crippen LogP contribution is 2.27. The van der Waals surface area contributed by atoms with Gasteiger partial charge in [-0.05, 0) is 23.1 Å². The molecule has 0 atom stereocenters. The van der Waals surface area contributed by atoms with Gasteiger partial charge in [0, 0.05) is 6.42 Å². The van der Waals surface area contributed by atoms with Crippen molar-refractivity contribution < 1.29 is 9.47 Å². The number of hydrogen-bond donors (Lipinski definition) is 1. The van der Waals surface area contributed by atoms with Gasteiger partial charge in [-0.2, -0.15) is 0 Å². The van der Waals surface area contributed by atoms with E-state index in [4.69, 9.17) is 14.9 Å². The van der Waals surface area contributed by atoms with Crippen LogP contribution in [-0.2, 0) is 11.2 Å². The molecule has 0 radical (unpaired) electrons. The molecule has 0 aliphatic carbocycles. The molecule has 1 aromatic carbocycles. The fourth-order valence-electron chi connectivity index (χ4n) is 1.60. The second-order valence-electron chi connectivity index (χ2n) is 4.04. The first kappa shape index (κ1) is 12.6. The maximum atomic E-state index is 7.50. The third-order valence-corrected chi connectivity index (χ3v) is 2.53. The molecule has 3 nitrogen and oxygen atoms in total. The van der Waals surface area contributed by atoms with Crippen LogP contribution < -0.4 is 4.74 Å². The molecule has 3 heteroatoms. The van der Waals surface area contributed by atoms with Gasteiger partial charge in [-0.1, -0.05) is 26.0 Å². The molecule has 0 aliphatic heterocycles. The number of methoxy groups -OCH3 is 2. The topological polar surface area (TPSA) is 42.3 Å². The quantitative estimate of drug-likeness (QED) is 0.627. The van der Waals surface area contributed by atoms with E-state index in [1.54, 1.807) is 7.11 Å². The van der Waals surface area contributed by atoms with Crippen LogP contribution in [0.3, 0.4) is 0 Å². The average Bonchev–Trinajstić information content (AvgIpc) is 2.28. The zero-order valence-corrected chi connectivity index (χ0v) is 10.3. The molecule has 0 fully saturated rings. The molecule has 1 N–H and O–H groups in total. The highest BCUT2D eigenvalue weighted by Gasteiger charge is 2.09. The predicted octanol–water partition coefficient (Wildman–Crippen LogP) is 2.98. The van der Waals surface area contributed by atoms with E-state index in [2.05, 4.69) is 19.9 Å². The molecule has 0 heterocycles. The van der Waals surface area contributed by atoms with Crippen molar-refractivity contribution in [2.45, 2.75) is 26.2 Å². The molecular weight excluding hydrogens is 202 g/mol. The van der Waals surface area contributed by atoms with E-state index >= 15 is 0 Å². The summed E-state index contributed by atoms with van der Waals surface area (Å²) in [4.78, 5) is 0. The highest BCUT2D eigenvalue weighted by atomic mass is 16.5. The van der Waals surface area contributed by atoms with Crippen LogP contribution >= 0.6 is 0 Å². The van der Waals surface area contributed by atoms with E-state index in [0.717, 1.165) is 11.3 Å². The van der Waals surface area contributed by atoms with Gasteiger partial charge in [0.05, 0.1) is 14.2 Å². The standard InChI is InChI=1S/C13H19NO2/c1-9(2)11-7-10(8-13(14)16-4)5-6-12(11)15-3/h5-7,9,14H,8H2,1-4H3. The van der Waals surface area contributed by atoms with Gasteiger partial charge in [-0.3, -0.25) is 5.41 Å². The smallest absolute Gasteiger partial charge is 0.184 e. The van der Waals surface area contributed by atoms with Crippen molar-refractivity contribution in [3.05, 3.63) is 29.3 Å². The van der Waals surface area contributed by atoms with E-state index in [1.165, 1.54) is 12.7 Å². The van der Waals surface area contributed by atoms with Gasteiger partial charge in [-0.25, -0.2) is 0 Å². The van der Waals surface area contributed by atoms with Crippen molar-refractivity contribution in [1.29, 1.82) is 5.41 Å². The van der Waals surface area contributed by atoms with Gasteiger partial charge < -0.3 is 9.47 Å². The van der Waals surface area contributed by atoms with E-state index in [0.29, 0.717) is 12.3 Å². The van der Waals surface area contributed by atoms with Crippen LogP contribution in [0.15, 0.2) is 18.2 Å². The summed E-state index contributed by atoms with van der Waals surface area (Å²) < 4.78 is 10.2. The lowest BCUT2D eigenvalue weighted by atomic mass is 9.98. The van der Waals surface area contributed by atoms with E-state index in [-0.39, 0.29) is 5.90 Å². The number of rotatable bonds is 4. The SMILES string of the molecule is COC(=N)Cc1ccc(OC)c(C(C)C)c1. The second kappa shape index (κ2) is 5.54. The van der Waals surface area contributed by atoms with Gasteiger partial charge in [0.25, 0.3) is 0 Å². The van der Waals surface area contributed by atoms with E-state index < -0.39 is 0 Å². The summed E-state index contributed by atoms with van der Waals surface area (Å²) in [7, 11) is 3.20. The van der Waals surface area contributed by atoms with Crippen molar-refractivity contribution in [2.75, 3.05) is 14.2 Å². The Hall–Kier alpha value is -1.51. The van der Waals surface area contributed by atoms with Crippen LogP contribution in [-0.4, -0.2) is 20.1 Å². The first-order chi connectivity index (χ1) is 7.58. The summed E-state index contributed by atoms with van der Waals surface area (Å²) in [6.45, 7) is 4.26. The van der Waals surface area contributed by atoms with Gasteiger partial charge in [-0.15, -0.1) is 0 Å². The fraction of sp³-hybridized carbons (Fsp3) is 0.462. The largest absolute Gasteiger partial charge is 0.496 e. The minimum absolute atomic E-state index is 0.278. The molecule has 1 rings (SSSR count). The van der Waals surface area contributed by atoms with Gasteiger partial charge in [0.1, 0.15) is 5.75 Å². The summed E-state index contributed by atoms with van der Waals surface area (Å²) in [5, 5.41) is 7.50. The summed E-state index contributed by atoms with van der Waals surface area (Å²) in [6, 6.07) is 6.00. The van der Waals surface area contributed by atoms with Crippen molar-refractivity contribution in [3.63, 3.8) is 0 Å². The summed E-state index contributed by atoms with van der Waals surface area (Å²) in [5.41, 5.74) is 2.25. The van der Waals surface area contributed by atoms with Crippen LogP contribution in [0.1, 0.15) is 30.9 Å². The van der Waals surface area contributed by atoms with Crippen molar-refractivity contribution in [3.8, 4) is 5.75 Å². The number of nitrogens with one attached hydrogen (secondary N) is 1. The molecule has 88 valence electrons. The molecule has 0 aromatic heterocycles. The second-order valence-corrected chi connectivity index (χ2v) is 4.04. The molecule has 1 aromatic rings. The summed E-state index contributed by atoms with van der Waals surface area (Å²) >= 11 is 0. The summed E-state index contributed by atoms with van der Waals surface area (Å²) in [5.74, 6) is 1.59. The molecule has 0 saturated heterocycles. The molecule has 16 heavy (non-hydrogen) atoms. The van der Waals surface area contributed by atoms with Gasteiger partial charge in [0.15, 0.2) is 5.90 Å². The van der Waals surface area contributed by atoms with E-state index in [9.17, 15) is 0 Å². The first-order valence-electron chi connectivity index (χ1n) is 5.36. The lowest BCUT2D eigenvalue weighted by molar-refractivity contribution is 0.389. The Kier molecular flexibility index (Phi) is 4.35. The van der Waals surface area contributed by atoms with Crippen LogP contribution in [0.4, 0.5) is 0 Å². The monoisotopic (exact) mass is 221 g/mol. The number of hydrogen-bond acceptors (Lipinski definition) is 3. The van der Waals surface area contributed by atoms with Crippen LogP contribution in [0.2, 0.25) is 0 Å². The Morgan fingerprint density at radius 2 is 2.00 bits per heavy atom. The Labute approximate surface area is 96.9 Å². The van der Waals surface area contributed by atoms with Crippen LogP contribution in [0, 0.1) is 5.41 Å². The molecule has 0 amide bonds. The van der Waals surface area contributed by atoms with E-state index in [1.807, 2.05) is 12.1 Å². The van der Waals surface area contributed by atoms with Crippen LogP contribution in [0.25, 0.3) is 0 Å². The first-order valence-corrected chi connectivity index (χ1v) is 5.36. The minimum Gasteiger partial charge on any atom is -0.496 e. The predicted molar refractivity (Wildman–Crippen MR) is 65.5 cm³/mol. The molecule has 0 bridgehead atoms. The zero-order chi connectivity index (χ0) is 12.1. The molecule has 0 aliphatic rings. The average molecular weight is 221 g/mol. The van der Waals surface area contributed by atoms with Gasteiger partial charge >= 0.3 is 0 Å². The Morgan fingerprint density at radius 1 is 1.31 bits per heavy atom. The third kappa shape index (κ3) is 2.99. The van der Waals surface area contributed by atoms with Crippen molar-refractivity contribution >= 4 is 5.90 Å². The zero-order valence-electron chi connectivity index (χ0n) is 10.3. The van der Waals surface area contributed by atoms with Crippen molar-refractivity contribution in [1.82, 2.24) is 0 Å². The summed E-state index contributed by atoms with van der Waals surface area (Å²) in [6.07, 6.45) is 0.528. The molecule has 0 saturated carbocycles. The lowest BCUT2D eigenvalue weighted by Crippen LogP contribution is -2.04.